The van der Waals surface area contributed by atoms with E-state index >= 15 is 0 Å². The molecule has 0 bridgehead atoms. The van der Waals surface area contributed by atoms with E-state index in [0.29, 0.717) is 11.5 Å². The van der Waals surface area contributed by atoms with Crippen LogP contribution in [0.2, 0.25) is 0 Å². The monoisotopic (exact) mass is 356 g/mol. The van der Waals surface area contributed by atoms with Crippen molar-refractivity contribution >= 4 is 10.9 Å². The highest BCUT2D eigenvalue weighted by Crippen LogP contribution is 2.34. The highest BCUT2D eigenvalue weighted by atomic mass is 15.1. The summed E-state index contributed by atoms with van der Waals surface area (Å²) in [6, 6.07) is 14.5. The Kier molecular flexibility index (Phi) is 4.63. The van der Waals surface area contributed by atoms with Crippen LogP contribution >= 0.6 is 0 Å². The van der Waals surface area contributed by atoms with Crippen LogP contribution in [0, 0.1) is 25.2 Å². The van der Waals surface area contributed by atoms with Gasteiger partial charge >= 0.3 is 0 Å². The minimum atomic E-state index is 0.517. The summed E-state index contributed by atoms with van der Waals surface area (Å²) in [7, 11) is 2.19. The second-order valence-electron chi connectivity index (χ2n) is 7.66. The van der Waals surface area contributed by atoms with E-state index in [4.69, 9.17) is 5.26 Å². The number of nitrogens with zero attached hydrogens (tertiary/aromatic N) is 4. The van der Waals surface area contributed by atoms with E-state index in [0.717, 1.165) is 34.4 Å². The van der Waals surface area contributed by atoms with E-state index in [2.05, 4.69) is 53.3 Å². The molecule has 0 aliphatic carbocycles. The van der Waals surface area contributed by atoms with Gasteiger partial charge in [0, 0.05) is 17.5 Å². The van der Waals surface area contributed by atoms with Crippen LogP contribution in [0.15, 0.2) is 36.4 Å². The first-order valence-corrected chi connectivity index (χ1v) is 9.54. The Labute approximate surface area is 160 Å². The summed E-state index contributed by atoms with van der Waals surface area (Å²) in [5.74, 6) is 0.517. The van der Waals surface area contributed by atoms with Gasteiger partial charge in [-0.15, -0.1) is 10.2 Å². The number of rotatable bonds is 2. The number of fused-ring (bicyclic) bond motifs is 1. The summed E-state index contributed by atoms with van der Waals surface area (Å²) in [6.07, 6.45) is 2.44. The van der Waals surface area contributed by atoms with Crippen LogP contribution in [-0.4, -0.2) is 35.2 Å². The smallest absolute Gasteiger partial charge is 0.0991 e. The maximum atomic E-state index is 9.11. The average molecular weight is 356 g/mol. The van der Waals surface area contributed by atoms with Crippen LogP contribution in [0.5, 0.6) is 0 Å². The molecule has 1 aliphatic rings. The van der Waals surface area contributed by atoms with E-state index in [1.165, 1.54) is 30.3 Å². The van der Waals surface area contributed by atoms with Gasteiger partial charge in [0.1, 0.15) is 0 Å². The van der Waals surface area contributed by atoms with Crippen molar-refractivity contribution in [1.29, 1.82) is 5.26 Å². The number of likely N-dealkylation sites (N-methyl/N-ethyl adjacent to an activating group) is 1. The zero-order valence-electron chi connectivity index (χ0n) is 16.2. The molecule has 2 aromatic carbocycles. The lowest BCUT2D eigenvalue weighted by atomic mass is 9.88. The molecule has 1 atom stereocenters. The van der Waals surface area contributed by atoms with Gasteiger partial charge in [-0.25, -0.2) is 0 Å². The molecule has 0 radical (unpaired) electrons. The van der Waals surface area contributed by atoms with Gasteiger partial charge in [-0.1, -0.05) is 24.3 Å². The molecule has 4 rings (SSSR count). The second kappa shape index (κ2) is 7.09. The molecular formula is C23H24N4. The molecule has 0 spiro atoms. The number of benzene rings is 2. The van der Waals surface area contributed by atoms with Crippen molar-refractivity contribution in [3.05, 3.63) is 58.7 Å². The van der Waals surface area contributed by atoms with Gasteiger partial charge in [-0.2, -0.15) is 5.26 Å². The predicted octanol–water partition coefficient (Wildman–Crippen LogP) is 4.59. The molecule has 2 heterocycles. The molecule has 1 aromatic heterocycles. The van der Waals surface area contributed by atoms with Gasteiger partial charge in [0.05, 0.1) is 22.8 Å². The fraction of sp³-hybridized carbons (Fsp3) is 0.348. The van der Waals surface area contributed by atoms with Gasteiger partial charge in [-0.3, -0.25) is 0 Å². The summed E-state index contributed by atoms with van der Waals surface area (Å²) in [4.78, 5) is 2.40. The van der Waals surface area contributed by atoms with Crippen molar-refractivity contribution in [2.75, 3.05) is 20.1 Å². The quantitative estimate of drug-likeness (QED) is 0.674. The standard InChI is InChI=1S/C23H24N4/c1-15-12-17(13-24)9-10-19(15)22-16(2)20-7-4-8-21(23(20)26-25-22)18-6-5-11-27(3)14-18/h4,7-10,12,18H,5-6,11,14H2,1-3H3/t18-/m1/s1. The van der Waals surface area contributed by atoms with Crippen LogP contribution in [0.3, 0.4) is 0 Å². The summed E-state index contributed by atoms with van der Waals surface area (Å²) in [5, 5.41) is 19.6. The van der Waals surface area contributed by atoms with E-state index < -0.39 is 0 Å². The maximum absolute atomic E-state index is 9.11. The third-order valence-electron chi connectivity index (χ3n) is 5.75. The SMILES string of the molecule is Cc1cc(C#N)ccc1-c1nnc2c([C@@H]3CCCN(C)C3)cccc2c1C. The minimum Gasteiger partial charge on any atom is -0.306 e. The van der Waals surface area contributed by atoms with Gasteiger partial charge in [0.2, 0.25) is 0 Å². The molecule has 4 heteroatoms. The normalized spacial score (nSPS) is 17.8. The lowest BCUT2D eigenvalue weighted by molar-refractivity contribution is 0.251. The molecule has 1 saturated heterocycles. The zero-order chi connectivity index (χ0) is 19.0. The number of likely N-dealkylation sites (tertiary alicyclic amines) is 1. The van der Waals surface area contributed by atoms with Crippen LogP contribution in [0.1, 0.15) is 41.0 Å². The van der Waals surface area contributed by atoms with Gasteiger partial charge in [0.15, 0.2) is 0 Å². The van der Waals surface area contributed by atoms with Crippen molar-refractivity contribution in [3.63, 3.8) is 0 Å². The van der Waals surface area contributed by atoms with E-state index in [-0.39, 0.29) is 0 Å². The fourth-order valence-electron chi connectivity index (χ4n) is 4.28. The summed E-state index contributed by atoms with van der Waals surface area (Å²) < 4.78 is 0. The Morgan fingerprint density at radius 3 is 2.74 bits per heavy atom. The van der Waals surface area contributed by atoms with E-state index in [9.17, 15) is 0 Å². The van der Waals surface area contributed by atoms with Crippen LogP contribution in [0.4, 0.5) is 0 Å². The Balaban J connectivity index is 1.83. The molecule has 3 aromatic rings. The van der Waals surface area contributed by atoms with Crippen molar-refractivity contribution < 1.29 is 0 Å². The highest BCUT2D eigenvalue weighted by molar-refractivity contribution is 5.89. The molecular weight excluding hydrogens is 332 g/mol. The number of aromatic nitrogens is 2. The van der Waals surface area contributed by atoms with Crippen molar-refractivity contribution in [1.82, 2.24) is 15.1 Å². The van der Waals surface area contributed by atoms with E-state index in [1.54, 1.807) is 0 Å². The van der Waals surface area contributed by atoms with Gasteiger partial charge in [-0.05, 0) is 75.0 Å². The van der Waals surface area contributed by atoms with Crippen LogP contribution in [0.25, 0.3) is 22.2 Å². The molecule has 0 saturated carbocycles. The molecule has 0 unspecified atom stereocenters. The molecule has 136 valence electrons. The molecule has 27 heavy (non-hydrogen) atoms. The van der Waals surface area contributed by atoms with Gasteiger partial charge in [0.25, 0.3) is 0 Å². The third-order valence-corrected chi connectivity index (χ3v) is 5.75. The highest BCUT2D eigenvalue weighted by Gasteiger charge is 2.22. The van der Waals surface area contributed by atoms with Crippen LogP contribution in [-0.2, 0) is 0 Å². The number of hydrogen-bond acceptors (Lipinski definition) is 4. The maximum Gasteiger partial charge on any atom is 0.0991 e. The van der Waals surface area contributed by atoms with Crippen molar-refractivity contribution in [2.24, 2.45) is 0 Å². The molecule has 0 amide bonds. The predicted molar refractivity (Wildman–Crippen MR) is 109 cm³/mol. The summed E-state index contributed by atoms with van der Waals surface area (Å²) >= 11 is 0. The Morgan fingerprint density at radius 2 is 2.00 bits per heavy atom. The number of hydrogen-bond donors (Lipinski definition) is 0. The summed E-state index contributed by atoms with van der Waals surface area (Å²) in [5.41, 5.74) is 7.18. The van der Waals surface area contributed by atoms with Crippen molar-refractivity contribution in [3.8, 4) is 17.3 Å². The second-order valence-corrected chi connectivity index (χ2v) is 7.66. The number of aryl methyl sites for hydroxylation is 2. The topological polar surface area (TPSA) is 52.8 Å². The number of nitriles is 1. The lowest BCUT2D eigenvalue weighted by Gasteiger charge is -2.30. The average Bonchev–Trinajstić information content (AvgIpc) is 2.68. The Bertz CT molecular complexity index is 1050. The fourth-order valence-corrected chi connectivity index (χ4v) is 4.28. The Hall–Kier alpha value is -2.77. The molecule has 1 aliphatic heterocycles. The van der Waals surface area contributed by atoms with Gasteiger partial charge < -0.3 is 4.90 Å². The third kappa shape index (κ3) is 3.20. The molecule has 1 fully saturated rings. The number of piperidine rings is 1. The van der Waals surface area contributed by atoms with E-state index in [1.807, 2.05) is 25.1 Å². The lowest BCUT2D eigenvalue weighted by Crippen LogP contribution is -2.31. The molecule has 4 nitrogen and oxygen atoms in total. The first-order valence-electron chi connectivity index (χ1n) is 9.54. The molecule has 0 N–H and O–H groups in total. The summed E-state index contributed by atoms with van der Waals surface area (Å²) in [6.45, 7) is 6.40. The Morgan fingerprint density at radius 1 is 1.15 bits per heavy atom. The zero-order valence-corrected chi connectivity index (χ0v) is 16.2. The van der Waals surface area contributed by atoms with Crippen molar-refractivity contribution in [2.45, 2.75) is 32.6 Å². The first kappa shape index (κ1) is 17.6. The minimum absolute atomic E-state index is 0.517. The van der Waals surface area contributed by atoms with Crippen LogP contribution < -0.4 is 0 Å². The first-order chi connectivity index (χ1) is 13.1. The largest absolute Gasteiger partial charge is 0.306 e.